The number of carbonyl (C=O) groups is 1. The van der Waals surface area contributed by atoms with Gasteiger partial charge in [0.05, 0.1) is 18.3 Å². The zero-order valence-corrected chi connectivity index (χ0v) is 15.3. The van der Waals surface area contributed by atoms with E-state index in [4.69, 9.17) is 4.74 Å². The second kappa shape index (κ2) is 6.81. The molecule has 0 radical (unpaired) electrons. The molecule has 2 aromatic heterocycles. The van der Waals surface area contributed by atoms with Crippen molar-refractivity contribution in [3.63, 3.8) is 0 Å². The molecule has 4 heterocycles. The Labute approximate surface area is 150 Å². The Hall–Kier alpha value is -1.84. The van der Waals surface area contributed by atoms with E-state index in [2.05, 4.69) is 43.2 Å². The van der Waals surface area contributed by atoms with Gasteiger partial charge in [0.25, 0.3) is 0 Å². The quantitative estimate of drug-likeness (QED) is 0.871. The van der Waals surface area contributed by atoms with E-state index < -0.39 is 0 Å². The predicted molar refractivity (Wildman–Crippen MR) is 93.6 cm³/mol. The highest BCUT2D eigenvalue weighted by atomic mass is 32.1. The average molecular weight is 362 g/mol. The average Bonchev–Trinajstić information content (AvgIpc) is 3.23. The molecule has 2 saturated heterocycles. The molecule has 0 aliphatic carbocycles. The number of aryl methyl sites for hydroxylation is 2. The Kier molecular flexibility index (Phi) is 4.53. The van der Waals surface area contributed by atoms with Crippen molar-refractivity contribution in [3.05, 3.63) is 22.5 Å². The van der Waals surface area contributed by atoms with Crippen molar-refractivity contribution in [2.75, 3.05) is 31.6 Å². The monoisotopic (exact) mass is 362 g/mol. The Balaban J connectivity index is 1.25. The van der Waals surface area contributed by atoms with Crippen LogP contribution >= 0.6 is 11.3 Å². The van der Waals surface area contributed by atoms with Crippen LogP contribution in [0.1, 0.15) is 41.4 Å². The third-order valence-electron chi connectivity index (χ3n) is 4.59. The number of ether oxygens (including phenoxy) is 1. The summed E-state index contributed by atoms with van der Waals surface area (Å²) in [6.07, 6.45) is 2.07. The van der Waals surface area contributed by atoms with Gasteiger partial charge in [-0.2, -0.15) is 5.10 Å². The highest BCUT2D eigenvalue weighted by molar-refractivity contribution is 7.15. The van der Waals surface area contributed by atoms with Crippen LogP contribution in [0.15, 0.2) is 6.07 Å². The molecule has 1 N–H and O–H groups in total. The van der Waals surface area contributed by atoms with Crippen molar-refractivity contribution < 1.29 is 9.53 Å². The number of aromatic nitrogens is 4. The van der Waals surface area contributed by atoms with E-state index in [1.54, 1.807) is 0 Å². The maximum atomic E-state index is 12.2. The lowest BCUT2D eigenvalue weighted by molar-refractivity contribution is -0.118. The minimum absolute atomic E-state index is 0.0417. The Bertz CT molecular complexity index is 761. The first-order valence-corrected chi connectivity index (χ1v) is 9.40. The SMILES string of the molecule is Cc1cc(C)n(C2CN(CC(=O)Nc3nnc(C4CCCO4)s3)C2)n1. The maximum absolute atomic E-state index is 12.2. The van der Waals surface area contributed by atoms with E-state index in [1.165, 1.54) is 17.0 Å². The van der Waals surface area contributed by atoms with Crippen molar-refractivity contribution in [2.24, 2.45) is 0 Å². The van der Waals surface area contributed by atoms with Gasteiger partial charge >= 0.3 is 0 Å². The van der Waals surface area contributed by atoms with Gasteiger partial charge in [-0.15, -0.1) is 10.2 Å². The van der Waals surface area contributed by atoms with Crippen LogP contribution < -0.4 is 5.32 Å². The molecule has 9 heteroatoms. The van der Waals surface area contributed by atoms with E-state index in [-0.39, 0.29) is 12.0 Å². The molecule has 134 valence electrons. The third kappa shape index (κ3) is 3.58. The lowest BCUT2D eigenvalue weighted by Crippen LogP contribution is -2.51. The number of amides is 1. The zero-order chi connectivity index (χ0) is 17.4. The molecule has 1 atom stereocenters. The van der Waals surface area contributed by atoms with Crippen LogP contribution in [0.5, 0.6) is 0 Å². The molecule has 2 aliphatic rings. The molecular weight excluding hydrogens is 340 g/mol. The summed E-state index contributed by atoms with van der Waals surface area (Å²) in [6.45, 7) is 6.89. The van der Waals surface area contributed by atoms with Crippen molar-refractivity contribution in [3.8, 4) is 0 Å². The first-order chi connectivity index (χ1) is 12.1. The van der Waals surface area contributed by atoms with Crippen LogP contribution in [0.25, 0.3) is 0 Å². The van der Waals surface area contributed by atoms with Gasteiger partial charge in [0.15, 0.2) is 0 Å². The largest absolute Gasteiger partial charge is 0.371 e. The molecule has 8 nitrogen and oxygen atoms in total. The van der Waals surface area contributed by atoms with Crippen LogP contribution in [-0.4, -0.2) is 57.0 Å². The zero-order valence-electron chi connectivity index (χ0n) is 14.4. The number of carbonyl (C=O) groups excluding carboxylic acids is 1. The lowest BCUT2D eigenvalue weighted by atomic mass is 10.1. The number of rotatable bonds is 5. The topological polar surface area (TPSA) is 85.2 Å². The Morgan fingerprint density at radius 1 is 1.40 bits per heavy atom. The number of likely N-dealkylation sites (tertiary alicyclic amines) is 1. The molecule has 2 aromatic rings. The molecule has 0 spiro atoms. The second-order valence-electron chi connectivity index (χ2n) is 6.71. The first-order valence-electron chi connectivity index (χ1n) is 8.58. The third-order valence-corrected chi connectivity index (χ3v) is 5.52. The summed E-state index contributed by atoms with van der Waals surface area (Å²) in [7, 11) is 0. The Morgan fingerprint density at radius 2 is 2.24 bits per heavy atom. The molecule has 0 aromatic carbocycles. The van der Waals surface area contributed by atoms with Gasteiger partial charge in [-0.05, 0) is 32.8 Å². The molecule has 2 aliphatic heterocycles. The van der Waals surface area contributed by atoms with E-state index in [1.807, 2.05) is 6.92 Å². The second-order valence-corrected chi connectivity index (χ2v) is 7.72. The molecule has 0 bridgehead atoms. The number of hydrogen-bond acceptors (Lipinski definition) is 7. The smallest absolute Gasteiger partial charge is 0.240 e. The summed E-state index contributed by atoms with van der Waals surface area (Å²) in [4.78, 5) is 14.3. The van der Waals surface area contributed by atoms with Crippen LogP contribution in [0.3, 0.4) is 0 Å². The maximum Gasteiger partial charge on any atom is 0.240 e. The molecule has 2 fully saturated rings. The Morgan fingerprint density at radius 3 is 2.92 bits per heavy atom. The summed E-state index contributed by atoms with van der Waals surface area (Å²) in [5.74, 6) is -0.0538. The van der Waals surface area contributed by atoms with Crippen LogP contribution in [0.2, 0.25) is 0 Å². The highest BCUT2D eigenvalue weighted by Crippen LogP contribution is 2.32. The molecule has 1 unspecified atom stereocenters. The van der Waals surface area contributed by atoms with Gasteiger partial charge in [-0.3, -0.25) is 19.7 Å². The fourth-order valence-electron chi connectivity index (χ4n) is 3.39. The van der Waals surface area contributed by atoms with Gasteiger partial charge in [0, 0.05) is 25.4 Å². The van der Waals surface area contributed by atoms with Gasteiger partial charge in [0.2, 0.25) is 11.0 Å². The number of anilines is 1. The van der Waals surface area contributed by atoms with Crippen molar-refractivity contribution in [2.45, 2.75) is 38.8 Å². The lowest BCUT2D eigenvalue weighted by Gasteiger charge is -2.39. The van der Waals surface area contributed by atoms with Gasteiger partial charge in [-0.1, -0.05) is 11.3 Å². The summed E-state index contributed by atoms with van der Waals surface area (Å²) < 4.78 is 7.65. The van der Waals surface area contributed by atoms with Crippen LogP contribution in [0, 0.1) is 13.8 Å². The minimum atomic E-state index is -0.0538. The fourth-order valence-corrected chi connectivity index (χ4v) is 4.24. The highest BCUT2D eigenvalue weighted by Gasteiger charge is 2.31. The molecular formula is C16H22N6O2S. The predicted octanol–water partition coefficient (Wildman–Crippen LogP) is 1.70. The summed E-state index contributed by atoms with van der Waals surface area (Å²) in [5, 5.41) is 16.9. The number of hydrogen-bond donors (Lipinski definition) is 1. The fraction of sp³-hybridized carbons (Fsp3) is 0.625. The van der Waals surface area contributed by atoms with Gasteiger partial charge < -0.3 is 4.74 Å². The molecule has 25 heavy (non-hydrogen) atoms. The van der Waals surface area contributed by atoms with Gasteiger partial charge in [-0.25, -0.2) is 0 Å². The molecule has 0 saturated carbocycles. The van der Waals surface area contributed by atoms with Crippen molar-refractivity contribution in [1.82, 2.24) is 24.9 Å². The summed E-state index contributed by atoms with van der Waals surface area (Å²) in [6, 6.07) is 2.44. The van der Waals surface area contributed by atoms with Gasteiger partial charge in [0.1, 0.15) is 11.1 Å². The summed E-state index contributed by atoms with van der Waals surface area (Å²) >= 11 is 1.40. The van der Waals surface area contributed by atoms with Crippen molar-refractivity contribution >= 4 is 22.4 Å². The summed E-state index contributed by atoms with van der Waals surface area (Å²) in [5.41, 5.74) is 2.20. The first kappa shape index (κ1) is 16.6. The van der Waals surface area contributed by atoms with Crippen LogP contribution in [0.4, 0.5) is 5.13 Å². The molecule has 4 rings (SSSR count). The normalized spacial score (nSPS) is 21.4. The minimum Gasteiger partial charge on any atom is -0.371 e. The van der Waals surface area contributed by atoms with Crippen LogP contribution in [-0.2, 0) is 9.53 Å². The molecule has 1 amide bonds. The van der Waals surface area contributed by atoms with E-state index in [0.717, 1.165) is 43.2 Å². The van der Waals surface area contributed by atoms with E-state index in [0.29, 0.717) is 17.7 Å². The van der Waals surface area contributed by atoms with E-state index >= 15 is 0 Å². The number of nitrogens with zero attached hydrogens (tertiary/aromatic N) is 5. The van der Waals surface area contributed by atoms with Crippen molar-refractivity contribution in [1.29, 1.82) is 0 Å². The number of nitrogens with one attached hydrogen (secondary N) is 1. The van der Waals surface area contributed by atoms with E-state index in [9.17, 15) is 4.79 Å². The standard InChI is InChI=1S/C16H22N6O2S/c1-10-6-11(2)22(20-10)12-7-21(8-12)9-14(23)17-16-19-18-15(25-16)13-4-3-5-24-13/h6,12-13H,3-5,7-9H2,1-2H3,(H,17,19,23).